The average Bonchev–Trinajstić information content (AvgIpc) is 2.75. The first-order valence-corrected chi connectivity index (χ1v) is 41.1. The average molecular weight is 1350 g/mol. The Morgan fingerprint density at radius 1 is 0.293 bits per heavy atom. The van der Waals surface area contributed by atoms with Gasteiger partial charge in [0.1, 0.15) is 19.3 Å². The van der Waals surface area contributed by atoms with Crippen LogP contribution in [0.5, 0.6) is 0 Å². The van der Waals surface area contributed by atoms with E-state index >= 15 is 0 Å². The highest BCUT2D eigenvalue weighted by molar-refractivity contribution is 7.47. The normalized spacial score (nSPS) is 14.0. The fourth-order valence-electron chi connectivity index (χ4n) is 11.2. The molecule has 0 amide bonds. The van der Waals surface area contributed by atoms with Gasteiger partial charge in [0.15, 0.2) is 12.2 Å². The highest BCUT2D eigenvalue weighted by atomic mass is 31.2. The number of phosphoric ester groups is 2. The van der Waals surface area contributed by atoms with E-state index in [-0.39, 0.29) is 25.7 Å². The monoisotopic (exact) mass is 1350 g/mol. The van der Waals surface area contributed by atoms with Crippen molar-refractivity contribution in [2.24, 2.45) is 5.92 Å². The van der Waals surface area contributed by atoms with Gasteiger partial charge in [-0.2, -0.15) is 0 Å². The van der Waals surface area contributed by atoms with E-state index in [4.69, 9.17) is 37.0 Å². The van der Waals surface area contributed by atoms with E-state index in [2.05, 4.69) is 34.6 Å². The van der Waals surface area contributed by atoms with Gasteiger partial charge < -0.3 is 33.8 Å². The van der Waals surface area contributed by atoms with Crippen molar-refractivity contribution in [3.63, 3.8) is 0 Å². The number of unbranched alkanes of at least 4 members (excludes halogenated alkanes) is 45. The number of ether oxygens (including phenoxy) is 4. The summed E-state index contributed by atoms with van der Waals surface area (Å²) in [7, 11) is -9.90. The molecule has 0 aliphatic heterocycles. The van der Waals surface area contributed by atoms with Crippen LogP contribution in [0, 0.1) is 5.92 Å². The molecule has 3 N–H and O–H groups in total. The van der Waals surface area contributed by atoms with Gasteiger partial charge in [-0.25, -0.2) is 9.13 Å². The maximum Gasteiger partial charge on any atom is 0.472 e. The minimum atomic E-state index is -4.95. The van der Waals surface area contributed by atoms with Crippen LogP contribution in [-0.4, -0.2) is 96.7 Å². The summed E-state index contributed by atoms with van der Waals surface area (Å²) >= 11 is 0. The maximum atomic E-state index is 13.1. The second-order valence-electron chi connectivity index (χ2n) is 26.8. The van der Waals surface area contributed by atoms with Gasteiger partial charge in [0.2, 0.25) is 0 Å². The lowest BCUT2D eigenvalue weighted by Crippen LogP contribution is -2.30. The minimum absolute atomic E-state index is 0.106. The van der Waals surface area contributed by atoms with Crippen LogP contribution in [0.25, 0.3) is 0 Å². The molecule has 2 unspecified atom stereocenters. The SMILES string of the molecule is CCCCCCCCCCCCCCCCCCCCCC(=O)O[C@H](COC(=O)CCCCCCCCCCCCCCC(C)C)COP(=O)(O)OC[C@@H](O)COP(=O)(O)OC[C@@H](COC(=O)CCCCCCCCCCC)OC(=O)CCCCCCCCCCC. The molecule has 0 radical (unpaired) electrons. The van der Waals surface area contributed by atoms with Crippen LogP contribution in [0.3, 0.4) is 0 Å². The van der Waals surface area contributed by atoms with E-state index in [1.165, 1.54) is 205 Å². The summed E-state index contributed by atoms with van der Waals surface area (Å²) < 4.78 is 68.3. The lowest BCUT2D eigenvalue weighted by atomic mass is 10.0. The molecule has 0 fully saturated rings. The molecule has 0 aromatic heterocycles. The third kappa shape index (κ3) is 66.7. The number of esters is 4. The van der Waals surface area contributed by atoms with Gasteiger partial charge in [-0.05, 0) is 31.6 Å². The van der Waals surface area contributed by atoms with Gasteiger partial charge in [0, 0.05) is 25.7 Å². The summed E-state index contributed by atoms with van der Waals surface area (Å²) in [6, 6.07) is 0. The number of hydrogen-bond acceptors (Lipinski definition) is 15. The molecule has 0 aromatic rings. The van der Waals surface area contributed by atoms with Crippen molar-refractivity contribution >= 4 is 39.5 Å². The largest absolute Gasteiger partial charge is 0.472 e. The molecule has 0 rings (SSSR count). The Morgan fingerprint density at radius 2 is 0.500 bits per heavy atom. The molecule has 0 saturated carbocycles. The Hall–Kier alpha value is -1.94. The van der Waals surface area contributed by atoms with E-state index in [0.29, 0.717) is 25.7 Å². The molecule has 0 aromatic carbocycles. The maximum absolute atomic E-state index is 13.1. The number of rotatable bonds is 73. The van der Waals surface area contributed by atoms with E-state index in [1.54, 1.807) is 0 Å². The molecule has 0 saturated heterocycles. The van der Waals surface area contributed by atoms with E-state index in [0.717, 1.165) is 95.8 Å². The van der Waals surface area contributed by atoms with Crippen LogP contribution in [0.2, 0.25) is 0 Å². The second-order valence-corrected chi connectivity index (χ2v) is 29.7. The van der Waals surface area contributed by atoms with Crippen molar-refractivity contribution < 1.29 is 80.2 Å². The van der Waals surface area contributed by atoms with Crippen molar-refractivity contribution in [2.45, 2.75) is 400 Å². The smallest absolute Gasteiger partial charge is 0.462 e. The number of carbonyl (C=O) groups is 4. The van der Waals surface area contributed by atoms with E-state index in [1.807, 2.05) is 0 Å². The molecule has 546 valence electrons. The molecule has 0 spiro atoms. The molecule has 0 aliphatic carbocycles. The van der Waals surface area contributed by atoms with E-state index < -0.39 is 97.5 Å². The third-order valence-corrected chi connectivity index (χ3v) is 18.9. The fourth-order valence-corrected chi connectivity index (χ4v) is 12.8. The number of phosphoric acid groups is 2. The first-order valence-electron chi connectivity index (χ1n) is 38.1. The van der Waals surface area contributed by atoms with Gasteiger partial charge in [-0.3, -0.25) is 37.3 Å². The topological polar surface area (TPSA) is 237 Å². The predicted octanol–water partition coefficient (Wildman–Crippen LogP) is 21.3. The van der Waals surface area contributed by atoms with Crippen LogP contribution >= 0.6 is 15.6 Å². The first-order chi connectivity index (χ1) is 44.5. The van der Waals surface area contributed by atoms with Crippen LogP contribution < -0.4 is 0 Å². The first kappa shape index (κ1) is 90.1. The van der Waals surface area contributed by atoms with Gasteiger partial charge >= 0.3 is 39.5 Å². The summed E-state index contributed by atoms with van der Waals surface area (Å²) in [5, 5.41) is 10.6. The highest BCUT2D eigenvalue weighted by Gasteiger charge is 2.30. The second kappa shape index (κ2) is 66.3. The zero-order chi connectivity index (χ0) is 67.7. The van der Waals surface area contributed by atoms with Crippen molar-refractivity contribution in [3.8, 4) is 0 Å². The molecule has 0 heterocycles. The molecular formula is C73H142O17P2. The number of aliphatic hydroxyl groups is 1. The third-order valence-electron chi connectivity index (χ3n) is 17.0. The molecule has 5 atom stereocenters. The van der Waals surface area contributed by atoms with Crippen molar-refractivity contribution in [1.29, 1.82) is 0 Å². The van der Waals surface area contributed by atoms with Crippen LogP contribution in [0.4, 0.5) is 0 Å². The summed E-state index contributed by atoms with van der Waals surface area (Å²) in [5.74, 6) is -1.34. The highest BCUT2D eigenvalue weighted by Crippen LogP contribution is 2.45. The molecule has 19 heteroatoms. The Kier molecular flexibility index (Phi) is 64.9. The number of hydrogen-bond donors (Lipinski definition) is 3. The van der Waals surface area contributed by atoms with Gasteiger partial charge in [-0.1, -0.05) is 330 Å². The number of carbonyl (C=O) groups excluding carboxylic acids is 4. The fraction of sp³-hybridized carbons (Fsp3) is 0.945. The molecule has 92 heavy (non-hydrogen) atoms. The van der Waals surface area contributed by atoms with Crippen molar-refractivity contribution in [3.05, 3.63) is 0 Å². The summed E-state index contributed by atoms with van der Waals surface area (Å²) in [5.41, 5.74) is 0. The van der Waals surface area contributed by atoms with E-state index in [9.17, 15) is 43.2 Å². The molecular weight excluding hydrogens is 1210 g/mol. The Bertz CT molecular complexity index is 1770. The van der Waals surface area contributed by atoms with Gasteiger partial charge in [0.05, 0.1) is 26.4 Å². The van der Waals surface area contributed by atoms with Gasteiger partial charge in [0.25, 0.3) is 0 Å². The van der Waals surface area contributed by atoms with Crippen LogP contribution in [-0.2, 0) is 65.4 Å². The summed E-state index contributed by atoms with van der Waals surface area (Å²) in [6.07, 6.45) is 54.2. The molecule has 0 aliphatic rings. The zero-order valence-corrected chi connectivity index (χ0v) is 61.5. The lowest BCUT2D eigenvalue weighted by molar-refractivity contribution is -0.161. The van der Waals surface area contributed by atoms with Crippen molar-refractivity contribution in [1.82, 2.24) is 0 Å². The zero-order valence-electron chi connectivity index (χ0n) is 59.7. The van der Waals surface area contributed by atoms with Crippen LogP contribution in [0.1, 0.15) is 381 Å². The van der Waals surface area contributed by atoms with Crippen molar-refractivity contribution in [2.75, 3.05) is 39.6 Å². The quantitative estimate of drug-likeness (QED) is 0.0222. The minimum Gasteiger partial charge on any atom is -0.462 e. The summed E-state index contributed by atoms with van der Waals surface area (Å²) in [4.78, 5) is 72.5. The van der Waals surface area contributed by atoms with Gasteiger partial charge in [-0.15, -0.1) is 0 Å². The molecule has 0 bridgehead atoms. The molecule has 17 nitrogen and oxygen atoms in total. The number of aliphatic hydroxyl groups excluding tert-OH is 1. The van der Waals surface area contributed by atoms with Crippen LogP contribution in [0.15, 0.2) is 0 Å². The standard InChI is InChI=1S/C73H142O17P2/c1-6-9-12-15-18-21-22-23-24-25-26-27-28-29-34-39-44-49-54-59-73(78)90-69(63-84-71(76)57-52-47-42-38-33-31-30-32-37-40-45-50-55-66(4)5)65-88-92(81,82)86-61-67(74)60-85-91(79,80)87-64-68(89-72(77)58-53-48-43-36-20-17-14-11-8-3)62-83-70(75)56-51-46-41-35-19-16-13-10-7-2/h66-69,74H,6-65H2,1-5H3,(H,79,80)(H,81,82)/t67-,68+,69+/m0/s1. The Morgan fingerprint density at radius 3 is 0.739 bits per heavy atom. The summed E-state index contributed by atoms with van der Waals surface area (Å²) in [6.45, 7) is 7.25. The lowest BCUT2D eigenvalue weighted by Gasteiger charge is -2.21. The Labute approximate surface area is 562 Å². The Balaban J connectivity index is 5.19. The predicted molar refractivity (Wildman–Crippen MR) is 372 cm³/mol.